The molecule has 0 bridgehead atoms. The van der Waals surface area contributed by atoms with E-state index < -0.39 is 6.10 Å². The molecule has 0 spiro atoms. The van der Waals surface area contributed by atoms with Gasteiger partial charge in [-0.2, -0.15) is 0 Å². The van der Waals surface area contributed by atoms with Crippen molar-refractivity contribution in [2.75, 3.05) is 6.54 Å². The fraction of sp³-hybridized carbons (Fsp3) is 0.417. The van der Waals surface area contributed by atoms with Crippen LogP contribution in [-0.2, 0) is 11.2 Å². The highest BCUT2D eigenvalue weighted by Crippen LogP contribution is 2.05. The number of nitrogens with one attached hydrogen (secondary N) is 1. The van der Waals surface area contributed by atoms with E-state index in [4.69, 9.17) is 5.73 Å². The number of aliphatic hydroxyl groups excluding tert-OH is 1. The number of rotatable bonds is 5. The first-order valence-electron chi connectivity index (χ1n) is 5.32. The molecule has 0 fully saturated rings. The van der Waals surface area contributed by atoms with Crippen LogP contribution in [0.3, 0.4) is 0 Å². The van der Waals surface area contributed by atoms with Gasteiger partial charge in [-0.1, -0.05) is 30.3 Å². The Hall–Kier alpha value is -1.39. The average Bonchev–Trinajstić information content (AvgIpc) is 2.28. The monoisotopic (exact) mass is 222 g/mol. The molecule has 16 heavy (non-hydrogen) atoms. The minimum Gasteiger partial charge on any atom is -0.390 e. The molecule has 2 unspecified atom stereocenters. The third-order valence-electron chi connectivity index (χ3n) is 2.39. The quantitative estimate of drug-likeness (QED) is 0.659. The Balaban J connectivity index is 2.67. The second-order valence-corrected chi connectivity index (χ2v) is 3.80. The molecule has 4 N–H and O–H groups in total. The minimum atomic E-state index is -0.718. The van der Waals surface area contributed by atoms with Gasteiger partial charge in [0.15, 0.2) is 0 Å². The van der Waals surface area contributed by atoms with Crippen LogP contribution in [0.5, 0.6) is 0 Å². The number of carbonyl (C=O) groups excluding carboxylic acids is 1. The zero-order valence-corrected chi connectivity index (χ0v) is 9.39. The second-order valence-electron chi connectivity index (χ2n) is 3.80. The summed E-state index contributed by atoms with van der Waals surface area (Å²) < 4.78 is 0. The average molecular weight is 222 g/mol. The van der Waals surface area contributed by atoms with Crippen molar-refractivity contribution in [3.05, 3.63) is 35.9 Å². The predicted octanol–water partition coefficient (Wildman–Crippen LogP) is 0.0534. The maximum Gasteiger partial charge on any atom is 0.217 e. The van der Waals surface area contributed by atoms with Crippen LogP contribution in [0.2, 0.25) is 0 Å². The van der Waals surface area contributed by atoms with E-state index in [1.807, 2.05) is 30.3 Å². The number of hydrogen-bond acceptors (Lipinski definition) is 3. The Morgan fingerprint density at radius 2 is 2.06 bits per heavy atom. The van der Waals surface area contributed by atoms with Gasteiger partial charge in [-0.15, -0.1) is 0 Å². The Morgan fingerprint density at radius 1 is 1.44 bits per heavy atom. The van der Waals surface area contributed by atoms with Gasteiger partial charge < -0.3 is 16.2 Å². The molecular weight excluding hydrogens is 204 g/mol. The summed E-state index contributed by atoms with van der Waals surface area (Å²) in [5, 5.41) is 12.4. The van der Waals surface area contributed by atoms with Gasteiger partial charge in [0.05, 0.1) is 12.1 Å². The third-order valence-corrected chi connectivity index (χ3v) is 2.39. The Bertz CT molecular complexity index is 327. The SMILES string of the molecule is CC(=O)NC(Cc1ccccc1)C(O)CN. The molecule has 2 atom stereocenters. The van der Waals surface area contributed by atoms with Gasteiger partial charge in [-0.25, -0.2) is 0 Å². The van der Waals surface area contributed by atoms with Crippen molar-refractivity contribution in [2.45, 2.75) is 25.5 Å². The lowest BCUT2D eigenvalue weighted by Gasteiger charge is -2.22. The van der Waals surface area contributed by atoms with Crippen LogP contribution in [0.25, 0.3) is 0 Å². The van der Waals surface area contributed by atoms with Crippen LogP contribution in [0.4, 0.5) is 0 Å². The summed E-state index contributed by atoms with van der Waals surface area (Å²) >= 11 is 0. The Kier molecular flexibility index (Phi) is 4.95. The molecule has 0 aromatic heterocycles. The van der Waals surface area contributed by atoms with E-state index in [-0.39, 0.29) is 18.5 Å². The highest BCUT2D eigenvalue weighted by Gasteiger charge is 2.18. The van der Waals surface area contributed by atoms with E-state index in [1.165, 1.54) is 6.92 Å². The van der Waals surface area contributed by atoms with Crippen molar-refractivity contribution in [1.29, 1.82) is 0 Å². The van der Waals surface area contributed by atoms with E-state index in [2.05, 4.69) is 5.32 Å². The number of hydrogen-bond donors (Lipinski definition) is 3. The summed E-state index contributed by atoms with van der Waals surface area (Å²) in [4.78, 5) is 11.0. The molecule has 1 rings (SSSR count). The molecule has 1 aromatic rings. The summed E-state index contributed by atoms with van der Waals surface area (Å²) in [6.45, 7) is 1.57. The molecule has 1 amide bonds. The van der Waals surface area contributed by atoms with Crippen LogP contribution < -0.4 is 11.1 Å². The van der Waals surface area contributed by atoms with E-state index in [0.29, 0.717) is 6.42 Å². The largest absolute Gasteiger partial charge is 0.390 e. The topological polar surface area (TPSA) is 75.3 Å². The number of amides is 1. The van der Waals surface area contributed by atoms with E-state index >= 15 is 0 Å². The number of benzene rings is 1. The fourth-order valence-corrected chi connectivity index (χ4v) is 1.58. The van der Waals surface area contributed by atoms with Crippen molar-refractivity contribution < 1.29 is 9.90 Å². The summed E-state index contributed by atoms with van der Waals surface area (Å²) in [5.41, 5.74) is 6.46. The van der Waals surface area contributed by atoms with Crippen LogP contribution in [0.1, 0.15) is 12.5 Å². The summed E-state index contributed by atoms with van der Waals surface area (Å²) in [6.07, 6.45) is -0.136. The maximum atomic E-state index is 11.0. The molecule has 0 heterocycles. The van der Waals surface area contributed by atoms with Gasteiger partial charge in [-0.05, 0) is 12.0 Å². The van der Waals surface area contributed by atoms with Crippen LogP contribution >= 0.6 is 0 Å². The lowest BCUT2D eigenvalue weighted by Crippen LogP contribution is -2.47. The molecule has 0 saturated heterocycles. The highest BCUT2D eigenvalue weighted by atomic mass is 16.3. The van der Waals surface area contributed by atoms with Crippen LogP contribution in [0, 0.1) is 0 Å². The van der Waals surface area contributed by atoms with Crippen LogP contribution in [0.15, 0.2) is 30.3 Å². The summed E-state index contributed by atoms with van der Waals surface area (Å²) in [5.74, 6) is -0.159. The molecular formula is C12H18N2O2. The van der Waals surface area contributed by atoms with E-state index in [1.54, 1.807) is 0 Å². The Labute approximate surface area is 95.5 Å². The first kappa shape index (κ1) is 12.7. The van der Waals surface area contributed by atoms with Gasteiger partial charge in [-0.3, -0.25) is 4.79 Å². The molecule has 0 aliphatic carbocycles. The van der Waals surface area contributed by atoms with Gasteiger partial charge in [0.1, 0.15) is 0 Å². The minimum absolute atomic E-state index is 0.137. The number of aliphatic hydroxyl groups is 1. The zero-order valence-electron chi connectivity index (χ0n) is 9.39. The molecule has 0 saturated carbocycles. The maximum absolute atomic E-state index is 11.0. The molecule has 0 aliphatic heterocycles. The predicted molar refractivity (Wildman–Crippen MR) is 62.8 cm³/mol. The summed E-state index contributed by atoms with van der Waals surface area (Å²) in [6, 6.07) is 9.36. The van der Waals surface area contributed by atoms with Crippen LogP contribution in [-0.4, -0.2) is 29.7 Å². The molecule has 4 nitrogen and oxygen atoms in total. The molecule has 4 heteroatoms. The van der Waals surface area contributed by atoms with Crippen molar-refractivity contribution in [2.24, 2.45) is 5.73 Å². The standard InChI is InChI=1S/C12H18N2O2/c1-9(15)14-11(12(16)8-13)7-10-5-3-2-4-6-10/h2-6,11-12,16H,7-8,13H2,1H3,(H,14,15). The van der Waals surface area contributed by atoms with Crippen molar-refractivity contribution in [3.8, 4) is 0 Å². The zero-order chi connectivity index (χ0) is 12.0. The van der Waals surface area contributed by atoms with E-state index in [9.17, 15) is 9.90 Å². The number of carbonyl (C=O) groups is 1. The van der Waals surface area contributed by atoms with Gasteiger partial charge >= 0.3 is 0 Å². The molecule has 88 valence electrons. The van der Waals surface area contributed by atoms with Gasteiger partial charge in [0.2, 0.25) is 5.91 Å². The first-order chi connectivity index (χ1) is 7.63. The number of nitrogens with two attached hydrogens (primary N) is 1. The smallest absolute Gasteiger partial charge is 0.217 e. The molecule has 0 aliphatic rings. The van der Waals surface area contributed by atoms with Crippen molar-refractivity contribution in [1.82, 2.24) is 5.32 Å². The lowest BCUT2D eigenvalue weighted by atomic mass is 10.0. The van der Waals surface area contributed by atoms with Crippen molar-refractivity contribution in [3.63, 3.8) is 0 Å². The van der Waals surface area contributed by atoms with Gasteiger partial charge in [0.25, 0.3) is 0 Å². The third kappa shape index (κ3) is 4.00. The second kappa shape index (κ2) is 6.25. The fourth-order valence-electron chi connectivity index (χ4n) is 1.58. The molecule has 1 aromatic carbocycles. The van der Waals surface area contributed by atoms with Gasteiger partial charge in [0, 0.05) is 13.5 Å². The van der Waals surface area contributed by atoms with Crippen molar-refractivity contribution >= 4 is 5.91 Å². The Morgan fingerprint density at radius 3 is 2.56 bits per heavy atom. The lowest BCUT2D eigenvalue weighted by molar-refractivity contribution is -0.120. The highest BCUT2D eigenvalue weighted by molar-refractivity contribution is 5.73. The first-order valence-corrected chi connectivity index (χ1v) is 5.32. The van der Waals surface area contributed by atoms with E-state index in [0.717, 1.165) is 5.56 Å². The molecule has 0 radical (unpaired) electrons. The summed E-state index contributed by atoms with van der Waals surface area (Å²) in [7, 11) is 0. The normalized spacial score (nSPS) is 14.2.